The lowest BCUT2D eigenvalue weighted by molar-refractivity contribution is 0.190. The van der Waals surface area contributed by atoms with Crippen LogP contribution in [0.4, 0.5) is 29.5 Å². The molecule has 4 rings (SSSR count). The molecule has 28 heavy (non-hydrogen) atoms. The molecule has 1 fully saturated rings. The van der Waals surface area contributed by atoms with Gasteiger partial charge in [-0.15, -0.1) is 0 Å². The highest BCUT2D eigenvalue weighted by molar-refractivity contribution is 5.95. The van der Waals surface area contributed by atoms with Gasteiger partial charge in [0.2, 0.25) is 0 Å². The van der Waals surface area contributed by atoms with E-state index in [1.54, 1.807) is 17.9 Å². The van der Waals surface area contributed by atoms with Crippen molar-refractivity contribution in [3.63, 3.8) is 0 Å². The van der Waals surface area contributed by atoms with Gasteiger partial charge in [-0.25, -0.2) is 22.9 Å². The van der Waals surface area contributed by atoms with Crippen LogP contribution in [0.3, 0.4) is 0 Å². The minimum atomic E-state index is -1.03. The molecule has 1 aromatic carbocycles. The predicted octanol–water partition coefficient (Wildman–Crippen LogP) is 3.03. The molecule has 1 saturated heterocycles. The summed E-state index contributed by atoms with van der Waals surface area (Å²) in [6, 6.07) is 4.31. The summed E-state index contributed by atoms with van der Waals surface area (Å²) in [5.74, 6) is -1.64. The second-order valence-electron chi connectivity index (χ2n) is 6.86. The smallest absolute Gasteiger partial charge is 0.325 e. The van der Waals surface area contributed by atoms with Crippen LogP contribution in [0.1, 0.15) is 6.92 Å². The van der Waals surface area contributed by atoms with Crippen LogP contribution in [-0.4, -0.2) is 54.7 Å². The number of fused-ring (bicyclic) bond motifs is 1. The monoisotopic (exact) mass is 392 g/mol. The van der Waals surface area contributed by atoms with E-state index in [1.165, 1.54) is 11.0 Å². The second kappa shape index (κ2) is 7.21. The molecule has 0 radical (unpaired) electrons. The minimum Gasteiger partial charge on any atom is -0.489 e. The summed E-state index contributed by atoms with van der Waals surface area (Å²) >= 11 is 0. The molecule has 6 nitrogen and oxygen atoms in total. The lowest BCUT2D eigenvalue weighted by atomic mass is 10.1. The summed E-state index contributed by atoms with van der Waals surface area (Å²) in [6.45, 7) is 3.92. The van der Waals surface area contributed by atoms with Gasteiger partial charge in [-0.05, 0) is 19.1 Å². The zero-order chi connectivity index (χ0) is 19.8. The highest BCUT2D eigenvalue weighted by Crippen LogP contribution is 2.36. The van der Waals surface area contributed by atoms with Crippen LogP contribution < -0.4 is 14.5 Å². The number of rotatable bonds is 1. The fourth-order valence-electron chi connectivity index (χ4n) is 3.47. The number of benzene rings is 1. The Labute approximate surface area is 160 Å². The molecule has 2 aromatic rings. The summed E-state index contributed by atoms with van der Waals surface area (Å²) in [4.78, 5) is 22.2. The first-order valence-corrected chi connectivity index (χ1v) is 9.00. The number of hydrogen-bond donors (Lipinski definition) is 0. The summed E-state index contributed by atoms with van der Waals surface area (Å²) in [5, 5.41) is 0. The van der Waals surface area contributed by atoms with E-state index >= 15 is 0 Å². The molecule has 1 unspecified atom stereocenters. The van der Waals surface area contributed by atoms with Gasteiger partial charge in [0.1, 0.15) is 24.0 Å². The molecule has 2 aliphatic rings. The molecule has 148 valence electrons. The van der Waals surface area contributed by atoms with Gasteiger partial charge in [0, 0.05) is 38.3 Å². The molecular weight excluding hydrogens is 373 g/mol. The van der Waals surface area contributed by atoms with Gasteiger partial charge < -0.3 is 14.5 Å². The molecule has 0 bridgehead atoms. The van der Waals surface area contributed by atoms with Crippen LogP contribution in [0.25, 0.3) is 0 Å². The van der Waals surface area contributed by atoms with E-state index in [9.17, 15) is 18.0 Å². The maximum Gasteiger partial charge on any atom is 0.325 e. The number of pyridine rings is 1. The van der Waals surface area contributed by atoms with Gasteiger partial charge in [0.25, 0.3) is 0 Å². The average molecular weight is 392 g/mol. The van der Waals surface area contributed by atoms with Crippen LogP contribution in [0.5, 0.6) is 5.75 Å². The van der Waals surface area contributed by atoms with E-state index in [0.717, 1.165) is 18.3 Å². The van der Waals surface area contributed by atoms with Crippen molar-refractivity contribution in [3.8, 4) is 5.75 Å². The lowest BCUT2D eigenvalue weighted by Gasteiger charge is -2.41. The average Bonchev–Trinajstić information content (AvgIpc) is 2.70. The fraction of sp³-hybridized carbons (Fsp3) is 0.368. The highest BCUT2D eigenvalue weighted by Gasteiger charge is 2.35. The van der Waals surface area contributed by atoms with Crippen molar-refractivity contribution >= 4 is 17.5 Å². The molecule has 2 amide bonds. The van der Waals surface area contributed by atoms with Gasteiger partial charge >= 0.3 is 6.03 Å². The molecule has 0 aliphatic carbocycles. The largest absolute Gasteiger partial charge is 0.489 e. The molecule has 0 spiro atoms. The Morgan fingerprint density at radius 1 is 1.11 bits per heavy atom. The van der Waals surface area contributed by atoms with Crippen molar-refractivity contribution in [2.24, 2.45) is 0 Å². The molecule has 1 atom stereocenters. The molecule has 0 saturated carbocycles. The quantitative estimate of drug-likeness (QED) is 0.749. The third-order valence-electron chi connectivity index (χ3n) is 4.97. The first kappa shape index (κ1) is 18.4. The zero-order valence-electron chi connectivity index (χ0n) is 15.2. The summed E-state index contributed by atoms with van der Waals surface area (Å²) < 4.78 is 45.8. The van der Waals surface area contributed by atoms with Gasteiger partial charge in [0.15, 0.2) is 11.6 Å². The Hall–Kier alpha value is -2.97. The summed E-state index contributed by atoms with van der Waals surface area (Å²) in [6.07, 6.45) is 1.16. The van der Waals surface area contributed by atoms with Gasteiger partial charge in [-0.2, -0.15) is 0 Å². The fourth-order valence-corrected chi connectivity index (χ4v) is 3.47. The number of halogens is 3. The number of amides is 2. The maximum absolute atomic E-state index is 13.8. The van der Waals surface area contributed by atoms with Crippen molar-refractivity contribution < 1.29 is 22.7 Å². The number of carbonyl (C=O) groups excluding carboxylic acids is 1. The highest BCUT2D eigenvalue weighted by atomic mass is 19.2. The Bertz CT molecular complexity index is 885. The third-order valence-corrected chi connectivity index (χ3v) is 4.97. The maximum atomic E-state index is 13.8. The zero-order valence-corrected chi connectivity index (χ0v) is 15.2. The van der Waals surface area contributed by atoms with Crippen molar-refractivity contribution in [2.45, 2.75) is 13.0 Å². The first-order chi connectivity index (χ1) is 13.4. The second-order valence-corrected chi connectivity index (χ2v) is 6.86. The molecule has 9 heteroatoms. The van der Waals surface area contributed by atoms with E-state index in [2.05, 4.69) is 4.98 Å². The number of carbonyl (C=O) groups is 1. The molecule has 3 heterocycles. The van der Waals surface area contributed by atoms with Crippen molar-refractivity contribution in [1.82, 2.24) is 9.88 Å². The van der Waals surface area contributed by atoms with Gasteiger partial charge in [-0.1, -0.05) is 0 Å². The van der Waals surface area contributed by atoms with E-state index in [-0.39, 0.29) is 30.1 Å². The third kappa shape index (κ3) is 3.32. The Kier molecular flexibility index (Phi) is 4.74. The van der Waals surface area contributed by atoms with Crippen molar-refractivity contribution in [1.29, 1.82) is 0 Å². The lowest BCUT2D eigenvalue weighted by Crippen LogP contribution is -2.56. The van der Waals surface area contributed by atoms with Gasteiger partial charge in [-0.3, -0.25) is 4.90 Å². The number of nitrogens with zero attached hydrogens (tertiary/aromatic N) is 4. The number of urea groups is 1. The number of anilines is 2. The van der Waals surface area contributed by atoms with Crippen molar-refractivity contribution in [2.75, 3.05) is 42.6 Å². The van der Waals surface area contributed by atoms with Gasteiger partial charge in [0.05, 0.1) is 17.9 Å². The Morgan fingerprint density at radius 2 is 1.82 bits per heavy atom. The summed E-state index contributed by atoms with van der Waals surface area (Å²) in [5.41, 5.74) is 0.227. The standard InChI is InChI=1S/C19H19F3N4O2/c1-12-11-28-17-9-15(22)14(21)8-16(17)26(12)19(27)25-6-4-24(5-7-25)18-3-2-13(20)10-23-18/h2-3,8-10,12H,4-7,11H2,1H3. The number of piperazine rings is 1. The van der Waals surface area contributed by atoms with Crippen LogP contribution in [-0.2, 0) is 0 Å². The predicted molar refractivity (Wildman–Crippen MR) is 97.2 cm³/mol. The first-order valence-electron chi connectivity index (χ1n) is 9.00. The van der Waals surface area contributed by atoms with Crippen LogP contribution in [0.2, 0.25) is 0 Å². The van der Waals surface area contributed by atoms with Crippen LogP contribution in [0.15, 0.2) is 30.5 Å². The number of hydrogen-bond acceptors (Lipinski definition) is 4. The minimum absolute atomic E-state index is 0.152. The molecule has 0 N–H and O–H groups in total. The topological polar surface area (TPSA) is 48.9 Å². The van der Waals surface area contributed by atoms with E-state index in [0.29, 0.717) is 32.0 Å². The number of aromatic nitrogens is 1. The van der Waals surface area contributed by atoms with E-state index in [1.807, 2.05) is 4.90 Å². The van der Waals surface area contributed by atoms with E-state index < -0.39 is 17.5 Å². The van der Waals surface area contributed by atoms with E-state index in [4.69, 9.17) is 4.74 Å². The summed E-state index contributed by atoms with van der Waals surface area (Å²) in [7, 11) is 0. The molecule has 2 aliphatic heterocycles. The molecular formula is C19H19F3N4O2. The SMILES string of the molecule is CC1COc2cc(F)c(F)cc2N1C(=O)N1CCN(c2ccc(F)cn2)CC1. The van der Waals surface area contributed by atoms with Crippen LogP contribution >= 0.6 is 0 Å². The normalized spacial score (nSPS) is 19.3. The Balaban J connectivity index is 1.50. The Morgan fingerprint density at radius 3 is 2.50 bits per heavy atom. The molecule has 1 aromatic heterocycles. The van der Waals surface area contributed by atoms with Crippen LogP contribution in [0, 0.1) is 17.5 Å². The number of ether oxygens (including phenoxy) is 1. The van der Waals surface area contributed by atoms with Crippen molar-refractivity contribution in [3.05, 3.63) is 47.9 Å².